The molecule has 1 aliphatic rings. The number of benzene rings is 1. The molecule has 2 rings (SSSR count). The van der Waals surface area contributed by atoms with Crippen molar-refractivity contribution in [2.24, 2.45) is 11.8 Å². The normalized spacial score (nSPS) is 29.0. The van der Waals surface area contributed by atoms with Gasteiger partial charge < -0.3 is 5.11 Å². The van der Waals surface area contributed by atoms with Gasteiger partial charge in [-0.05, 0) is 23.8 Å². The summed E-state index contributed by atoms with van der Waals surface area (Å²) in [6.45, 7) is 2.25. The van der Waals surface area contributed by atoms with E-state index in [1.54, 1.807) is 0 Å². The fraction of sp³-hybridized carbons (Fsp3) is 0.538. The van der Waals surface area contributed by atoms with Crippen LogP contribution in [0.1, 0.15) is 37.9 Å². The molecule has 1 aromatic rings. The van der Waals surface area contributed by atoms with Gasteiger partial charge in [-0.15, -0.1) is 0 Å². The molecule has 1 N–H and O–H groups in total. The molecule has 1 heteroatoms. The predicted molar refractivity (Wildman–Crippen MR) is 57.9 cm³/mol. The molecule has 1 unspecified atom stereocenters. The van der Waals surface area contributed by atoms with Crippen molar-refractivity contribution in [3.8, 4) is 0 Å². The summed E-state index contributed by atoms with van der Waals surface area (Å²) in [5, 5.41) is 10.2. The van der Waals surface area contributed by atoms with E-state index in [2.05, 4.69) is 6.92 Å². The minimum Gasteiger partial charge on any atom is -0.388 e. The summed E-state index contributed by atoms with van der Waals surface area (Å²) in [5.74, 6) is 1.14. The van der Waals surface area contributed by atoms with Gasteiger partial charge in [0.05, 0.1) is 6.10 Å². The van der Waals surface area contributed by atoms with E-state index in [0.717, 1.165) is 5.56 Å². The first-order valence-corrected chi connectivity index (χ1v) is 5.52. The number of hydrogen-bond donors (Lipinski definition) is 1. The van der Waals surface area contributed by atoms with E-state index in [-0.39, 0.29) is 6.10 Å². The highest BCUT2D eigenvalue weighted by Gasteiger charge is 2.30. The maximum Gasteiger partial charge on any atom is 0.0820 e. The molecule has 0 heterocycles. The van der Waals surface area contributed by atoms with Gasteiger partial charge in [-0.25, -0.2) is 0 Å². The van der Waals surface area contributed by atoms with Crippen molar-refractivity contribution in [3.05, 3.63) is 35.9 Å². The molecule has 14 heavy (non-hydrogen) atoms. The van der Waals surface area contributed by atoms with Crippen LogP contribution in [-0.2, 0) is 0 Å². The Hall–Kier alpha value is -0.820. The SMILES string of the molecule is C[C@@H]1CCC[C@@H]1C(O)c1ccccc1. The number of aliphatic hydroxyl groups is 1. The quantitative estimate of drug-likeness (QED) is 0.759. The van der Waals surface area contributed by atoms with E-state index >= 15 is 0 Å². The van der Waals surface area contributed by atoms with Crippen LogP contribution in [0.25, 0.3) is 0 Å². The minimum atomic E-state index is -0.256. The first-order valence-electron chi connectivity index (χ1n) is 5.52. The molecule has 0 amide bonds. The van der Waals surface area contributed by atoms with Crippen molar-refractivity contribution in [3.63, 3.8) is 0 Å². The van der Waals surface area contributed by atoms with Crippen LogP contribution in [0, 0.1) is 11.8 Å². The fourth-order valence-electron chi connectivity index (χ4n) is 2.54. The molecule has 0 aliphatic heterocycles. The molecule has 1 nitrogen and oxygen atoms in total. The number of rotatable bonds is 2. The van der Waals surface area contributed by atoms with Crippen LogP contribution in [0.5, 0.6) is 0 Å². The van der Waals surface area contributed by atoms with Crippen molar-refractivity contribution < 1.29 is 5.11 Å². The summed E-state index contributed by atoms with van der Waals surface area (Å²) in [4.78, 5) is 0. The zero-order chi connectivity index (χ0) is 9.97. The van der Waals surface area contributed by atoms with Crippen LogP contribution in [0.3, 0.4) is 0 Å². The molecule has 0 saturated heterocycles. The summed E-state index contributed by atoms with van der Waals surface area (Å²) in [6, 6.07) is 10.0. The topological polar surface area (TPSA) is 20.2 Å². The maximum atomic E-state index is 10.2. The van der Waals surface area contributed by atoms with E-state index < -0.39 is 0 Å². The molecule has 1 aliphatic carbocycles. The second kappa shape index (κ2) is 4.14. The summed E-state index contributed by atoms with van der Waals surface area (Å²) >= 11 is 0. The minimum absolute atomic E-state index is 0.256. The molecule has 0 aromatic heterocycles. The molecular weight excluding hydrogens is 172 g/mol. The molecule has 1 fully saturated rings. The lowest BCUT2D eigenvalue weighted by Gasteiger charge is -2.22. The van der Waals surface area contributed by atoms with Crippen molar-refractivity contribution in [1.82, 2.24) is 0 Å². The van der Waals surface area contributed by atoms with Crippen LogP contribution in [0.15, 0.2) is 30.3 Å². The van der Waals surface area contributed by atoms with Crippen molar-refractivity contribution in [2.75, 3.05) is 0 Å². The molecule has 76 valence electrons. The molecule has 0 bridgehead atoms. The molecule has 1 aromatic carbocycles. The van der Waals surface area contributed by atoms with Gasteiger partial charge in [-0.2, -0.15) is 0 Å². The number of hydrogen-bond acceptors (Lipinski definition) is 1. The lowest BCUT2D eigenvalue weighted by molar-refractivity contribution is 0.0900. The van der Waals surface area contributed by atoms with Gasteiger partial charge in [0, 0.05) is 0 Å². The molecular formula is C13H18O. The van der Waals surface area contributed by atoms with Crippen LogP contribution in [0.4, 0.5) is 0 Å². The van der Waals surface area contributed by atoms with Crippen molar-refractivity contribution >= 4 is 0 Å². The highest BCUT2D eigenvalue weighted by molar-refractivity contribution is 5.18. The highest BCUT2D eigenvalue weighted by atomic mass is 16.3. The van der Waals surface area contributed by atoms with Crippen molar-refractivity contribution in [2.45, 2.75) is 32.3 Å². The Morgan fingerprint density at radius 3 is 2.50 bits per heavy atom. The zero-order valence-corrected chi connectivity index (χ0v) is 8.69. The first-order chi connectivity index (χ1) is 6.79. The lowest BCUT2D eigenvalue weighted by atomic mass is 9.88. The van der Waals surface area contributed by atoms with Crippen molar-refractivity contribution in [1.29, 1.82) is 0 Å². The Labute approximate surface area is 85.8 Å². The smallest absolute Gasteiger partial charge is 0.0820 e. The van der Waals surface area contributed by atoms with Gasteiger partial charge in [0.1, 0.15) is 0 Å². The van der Waals surface area contributed by atoms with Gasteiger partial charge in [0.2, 0.25) is 0 Å². The monoisotopic (exact) mass is 190 g/mol. The first kappa shape index (κ1) is 9.72. The third-order valence-corrected chi connectivity index (χ3v) is 3.47. The van der Waals surface area contributed by atoms with Crippen LogP contribution in [0.2, 0.25) is 0 Å². The second-order valence-corrected chi connectivity index (χ2v) is 4.43. The van der Waals surface area contributed by atoms with E-state index in [1.165, 1.54) is 19.3 Å². The molecule has 0 radical (unpaired) electrons. The Balaban J connectivity index is 2.12. The van der Waals surface area contributed by atoms with Gasteiger partial charge in [-0.3, -0.25) is 0 Å². The number of aliphatic hydroxyl groups excluding tert-OH is 1. The molecule has 0 spiro atoms. The Kier molecular flexibility index (Phi) is 2.87. The van der Waals surface area contributed by atoms with Crippen LogP contribution >= 0.6 is 0 Å². The average Bonchev–Trinajstić information content (AvgIpc) is 2.65. The van der Waals surface area contributed by atoms with Crippen LogP contribution in [-0.4, -0.2) is 5.11 Å². The maximum absolute atomic E-state index is 10.2. The van der Waals surface area contributed by atoms with Crippen LogP contribution < -0.4 is 0 Å². The average molecular weight is 190 g/mol. The summed E-state index contributed by atoms with van der Waals surface area (Å²) in [6.07, 6.45) is 3.47. The van der Waals surface area contributed by atoms with Gasteiger partial charge >= 0.3 is 0 Å². The van der Waals surface area contributed by atoms with E-state index in [9.17, 15) is 5.11 Å². The van der Waals surface area contributed by atoms with E-state index in [0.29, 0.717) is 11.8 Å². The molecule has 3 atom stereocenters. The van der Waals surface area contributed by atoms with E-state index in [4.69, 9.17) is 0 Å². The summed E-state index contributed by atoms with van der Waals surface area (Å²) in [5.41, 5.74) is 1.08. The summed E-state index contributed by atoms with van der Waals surface area (Å²) in [7, 11) is 0. The Bertz CT molecular complexity index is 281. The third-order valence-electron chi connectivity index (χ3n) is 3.47. The van der Waals surface area contributed by atoms with E-state index in [1.807, 2.05) is 30.3 Å². The van der Waals surface area contributed by atoms with Gasteiger partial charge in [0.15, 0.2) is 0 Å². The highest BCUT2D eigenvalue weighted by Crippen LogP contribution is 2.39. The lowest BCUT2D eigenvalue weighted by Crippen LogP contribution is -2.14. The Morgan fingerprint density at radius 1 is 1.21 bits per heavy atom. The third kappa shape index (κ3) is 1.83. The largest absolute Gasteiger partial charge is 0.388 e. The van der Waals surface area contributed by atoms with Gasteiger partial charge in [-0.1, -0.05) is 50.1 Å². The Morgan fingerprint density at radius 2 is 1.93 bits per heavy atom. The second-order valence-electron chi connectivity index (χ2n) is 4.43. The predicted octanol–water partition coefficient (Wildman–Crippen LogP) is 3.16. The fourth-order valence-corrected chi connectivity index (χ4v) is 2.54. The summed E-state index contributed by atoms with van der Waals surface area (Å²) < 4.78 is 0. The van der Waals surface area contributed by atoms with Gasteiger partial charge in [0.25, 0.3) is 0 Å². The zero-order valence-electron chi connectivity index (χ0n) is 8.69. The molecule has 1 saturated carbocycles. The standard InChI is InChI=1S/C13H18O/c1-10-6-5-9-12(10)13(14)11-7-3-2-4-8-11/h2-4,7-8,10,12-14H,5-6,9H2,1H3/t10-,12+,13?/m1/s1.